The minimum Gasteiger partial charge on any atom is -0.457 e. The molecule has 2 aromatic carbocycles. The number of amidine groups is 1. The lowest BCUT2D eigenvalue weighted by atomic mass is 9.90. The summed E-state index contributed by atoms with van der Waals surface area (Å²) in [6.45, 7) is 10.9. The number of allylic oxidation sites excluding steroid dienone is 1. The quantitative estimate of drug-likeness (QED) is 0.462. The van der Waals surface area contributed by atoms with E-state index in [0.717, 1.165) is 33.1 Å². The van der Waals surface area contributed by atoms with E-state index >= 15 is 0 Å². The van der Waals surface area contributed by atoms with Crippen molar-refractivity contribution in [3.8, 4) is 0 Å². The van der Waals surface area contributed by atoms with Crippen molar-refractivity contribution in [3.05, 3.63) is 93.2 Å². The van der Waals surface area contributed by atoms with Gasteiger partial charge in [-0.05, 0) is 48.8 Å². The molecule has 0 bridgehead atoms. The zero-order valence-electron chi connectivity index (χ0n) is 21.5. The number of hydrogen-bond donors (Lipinski definition) is 1. The van der Waals surface area contributed by atoms with E-state index < -0.39 is 12.0 Å². The van der Waals surface area contributed by atoms with Gasteiger partial charge in [-0.15, -0.1) is 0 Å². The maximum Gasteiger partial charge on any atom is 0.338 e. The molecule has 4 rings (SSSR count). The number of nitrogens with zero attached hydrogens (tertiary/aromatic N) is 2. The van der Waals surface area contributed by atoms with Crippen LogP contribution in [-0.2, 0) is 20.9 Å². The van der Waals surface area contributed by atoms with Crippen LogP contribution < -0.4 is 5.32 Å². The Morgan fingerprint density at radius 2 is 1.86 bits per heavy atom. The van der Waals surface area contributed by atoms with Crippen molar-refractivity contribution >= 4 is 28.8 Å². The molecule has 7 heteroatoms. The van der Waals surface area contributed by atoms with Crippen LogP contribution in [0.3, 0.4) is 0 Å². The van der Waals surface area contributed by atoms with Gasteiger partial charge in [0.05, 0.1) is 23.7 Å². The van der Waals surface area contributed by atoms with Gasteiger partial charge in [-0.25, -0.2) is 9.79 Å². The van der Waals surface area contributed by atoms with Crippen molar-refractivity contribution in [3.63, 3.8) is 0 Å². The smallest absolute Gasteiger partial charge is 0.338 e. The van der Waals surface area contributed by atoms with Crippen molar-refractivity contribution < 1.29 is 14.3 Å². The number of ether oxygens (including phenoxy) is 1. The summed E-state index contributed by atoms with van der Waals surface area (Å²) < 4.78 is 5.79. The number of carbonyl (C=O) groups is 2. The third-order valence-electron chi connectivity index (χ3n) is 6.21. The number of carbonyl (C=O) groups excluding carboxylic acids is 2. The minimum absolute atomic E-state index is 0.0454. The molecule has 2 heterocycles. The predicted octanol–water partition coefficient (Wildman–Crippen LogP) is 5.78. The summed E-state index contributed by atoms with van der Waals surface area (Å²) in [6, 6.07) is 15.5. The van der Waals surface area contributed by atoms with E-state index in [1.165, 1.54) is 11.8 Å². The number of rotatable bonds is 8. The van der Waals surface area contributed by atoms with Gasteiger partial charge in [0.1, 0.15) is 6.61 Å². The van der Waals surface area contributed by atoms with Crippen LogP contribution in [0, 0.1) is 19.8 Å². The molecule has 2 aliphatic rings. The lowest BCUT2D eigenvalue weighted by molar-refractivity contribution is -0.141. The SMILES string of the molecule is CC1=C(C(=O)OCc2ccccc2)C(c2cc(C)ccc2C)N2C(CC(=O)NCC(C)C)=CSC2=N1. The van der Waals surface area contributed by atoms with Crippen LogP contribution >= 0.6 is 11.8 Å². The lowest BCUT2D eigenvalue weighted by Crippen LogP contribution is -2.38. The fourth-order valence-electron chi connectivity index (χ4n) is 4.33. The highest BCUT2D eigenvalue weighted by atomic mass is 32.2. The van der Waals surface area contributed by atoms with Gasteiger partial charge in [-0.2, -0.15) is 0 Å². The fourth-order valence-corrected chi connectivity index (χ4v) is 5.29. The number of amides is 1. The second-order valence-corrected chi connectivity index (χ2v) is 10.5. The minimum atomic E-state index is -0.431. The van der Waals surface area contributed by atoms with Crippen LogP contribution in [0.5, 0.6) is 0 Å². The molecule has 6 nitrogen and oxygen atoms in total. The summed E-state index contributed by atoms with van der Waals surface area (Å²) in [6.07, 6.45) is 0.214. The monoisotopic (exact) mass is 503 g/mol. The van der Waals surface area contributed by atoms with Gasteiger partial charge >= 0.3 is 5.97 Å². The Bertz CT molecular complexity index is 1250. The maximum atomic E-state index is 13.6. The standard InChI is InChI=1S/C29H33N3O3S/c1-18(2)15-30-25(33)14-23-17-36-29-31-21(5)26(28(34)35-16-22-9-7-6-8-10-22)27(32(23)29)24-13-19(3)11-12-20(24)4/h6-13,17-18,27H,14-16H2,1-5H3,(H,30,33). The number of esters is 1. The molecule has 0 aliphatic carbocycles. The van der Waals surface area contributed by atoms with Crippen molar-refractivity contribution in [1.29, 1.82) is 0 Å². The number of thioether (sulfide) groups is 1. The second-order valence-electron chi connectivity index (χ2n) is 9.69. The van der Waals surface area contributed by atoms with E-state index in [4.69, 9.17) is 9.73 Å². The molecule has 1 unspecified atom stereocenters. The summed E-state index contributed by atoms with van der Waals surface area (Å²) in [4.78, 5) is 33.1. The average molecular weight is 504 g/mol. The number of hydrogen-bond acceptors (Lipinski definition) is 6. The van der Waals surface area contributed by atoms with Crippen LogP contribution in [0.25, 0.3) is 0 Å². The topological polar surface area (TPSA) is 71.0 Å². The van der Waals surface area contributed by atoms with E-state index in [1.807, 2.05) is 61.4 Å². The summed E-state index contributed by atoms with van der Waals surface area (Å²) >= 11 is 1.48. The number of aryl methyl sites for hydroxylation is 2. The first-order valence-corrected chi connectivity index (χ1v) is 13.1. The lowest BCUT2D eigenvalue weighted by Gasteiger charge is -2.37. The van der Waals surface area contributed by atoms with Crippen LogP contribution in [0.2, 0.25) is 0 Å². The maximum absolute atomic E-state index is 13.6. The number of benzene rings is 2. The Labute approximate surface area is 217 Å². The Balaban J connectivity index is 1.69. The molecule has 188 valence electrons. The third-order valence-corrected chi connectivity index (χ3v) is 7.10. The Hall–Kier alpha value is -3.32. The Kier molecular flexibility index (Phi) is 7.99. The van der Waals surface area contributed by atoms with Gasteiger partial charge < -0.3 is 15.0 Å². The molecule has 2 aliphatic heterocycles. The molecule has 2 aromatic rings. The van der Waals surface area contributed by atoms with Crippen LogP contribution in [0.4, 0.5) is 0 Å². The normalized spacial score (nSPS) is 17.1. The van der Waals surface area contributed by atoms with Crippen LogP contribution in [0.15, 0.2) is 75.9 Å². The first-order chi connectivity index (χ1) is 17.2. The first-order valence-electron chi connectivity index (χ1n) is 12.2. The highest BCUT2D eigenvalue weighted by Crippen LogP contribution is 2.45. The van der Waals surface area contributed by atoms with E-state index in [-0.39, 0.29) is 18.9 Å². The van der Waals surface area contributed by atoms with Gasteiger partial charge in [-0.3, -0.25) is 4.79 Å². The van der Waals surface area contributed by atoms with Crippen LogP contribution in [0.1, 0.15) is 55.5 Å². The molecule has 0 spiro atoms. The largest absolute Gasteiger partial charge is 0.457 e. The summed E-state index contributed by atoms with van der Waals surface area (Å²) in [7, 11) is 0. The molecule has 0 aromatic heterocycles. The first kappa shape index (κ1) is 25.8. The van der Waals surface area contributed by atoms with E-state index in [9.17, 15) is 9.59 Å². The van der Waals surface area contributed by atoms with Gasteiger partial charge in [0.2, 0.25) is 5.91 Å². The molecule has 0 fully saturated rings. The Morgan fingerprint density at radius 1 is 1.11 bits per heavy atom. The molecule has 1 N–H and O–H groups in total. The molecule has 0 radical (unpaired) electrons. The highest BCUT2D eigenvalue weighted by molar-refractivity contribution is 8.16. The van der Waals surface area contributed by atoms with Gasteiger partial charge in [0.15, 0.2) is 5.17 Å². The van der Waals surface area contributed by atoms with Gasteiger partial charge in [0.25, 0.3) is 0 Å². The van der Waals surface area contributed by atoms with Crippen molar-refractivity contribution in [1.82, 2.24) is 10.2 Å². The molecule has 0 saturated carbocycles. The number of fused-ring (bicyclic) bond motifs is 1. The number of aliphatic imine (C=N–C) groups is 1. The van der Waals surface area contributed by atoms with E-state index in [0.29, 0.717) is 23.7 Å². The molecular formula is C29H33N3O3S. The van der Waals surface area contributed by atoms with Crippen molar-refractivity contribution in [2.24, 2.45) is 10.9 Å². The van der Waals surface area contributed by atoms with Crippen molar-refractivity contribution in [2.75, 3.05) is 6.54 Å². The average Bonchev–Trinajstić information content (AvgIpc) is 3.24. The molecular weight excluding hydrogens is 470 g/mol. The summed E-state index contributed by atoms with van der Waals surface area (Å²) in [5, 5.41) is 5.74. The van der Waals surface area contributed by atoms with Crippen LogP contribution in [-0.4, -0.2) is 28.5 Å². The molecule has 36 heavy (non-hydrogen) atoms. The van der Waals surface area contributed by atoms with Gasteiger partial charge in [-0.1, -0.05) is 79.7 Å². The molecule has 0 saturated heterocycles. The zero-order valence-corrected chi connectivity index (χ0v) is 22.3. The summed E-state index contributed by atoms with van der Waals surface area (Å²) in [5.74, 6) is -0.0752. The van der Waals surface area contributed by atoms with E-state index in [2.05, 4.69) is 37.4 Å². The predicted molar refractivity (Wildman–Crippen MR) is 145 cm³/mol. The fraction of sp³-hybridized carbons (Fsp3) is 0.345. The summed E-state index contributed by atoms with van der Waals surface area (Å²) in [5.41, 5.74) is 6.05. The zero-order chi connectivity index (χ0) is 25.8. The van der Waals surface area contributed by atoms with Crippen molar-refractivity contribution in [2.45, 2.75) is 53.7 Å². The van der Waals surface area contributed by atoms with Gasteiger partial charge in [0, 0.05) is 12.2 Å². The second kappa shape index (κ2) is 11.2. The third kappa shape index (κ3) is 5.73. The highest BCUT2D eigenvalue weighted by Gasteiger charge is 2.41. The number of nitrogens with one attached hydrogen (secondary N) is 1. The molecule has 1 amide bonds. The van der Waals surface area contributed by atoms with E-state index in [1.54, 1.807) is 0 Å². The Morgan fingerprint density at radius 3 is 2.58 bits per heavy atom. The molecule has 1 atom stereocenters.